The van der Waals surface area contributed by atoms with E-state index in [-0.39, 0.29) is 10.8 Å². The number of carbonyl (C=O) groups excluding carboxylic acids is 1. The zero-order valence-electron chi connectivity index (χ0n) is 17.4. The molecule has 1 saturated heterocycles. The number of halogens is 1. The Morgan fingerprint density at radius 2 is 1.70 bits per heavy atom. The molecule has 0 spiro atoms. The SMILES string of the molecule is COc1ccc(CCC2CCN(C(=O)C(C)S(=O)(=O)c3ccc(F)cc3)CC2)cc1. The molecule has 2 aromatic carbocycles. The monoisotopic (exact) mass is 433 g/mol. The molecule has 30 heavy (non-hydrogen) atoms. The van der Waals surface area contributed by atoms with Gasteiger partial charge in [0.1, 0.15) is 16.8 Å². The van der Waals surface area contributed by atoms with Crippen molar-refractivity contribution in [1.29, 1.82) is 0 Å². The molecule has 0 N–H and O–H groups in total. The molecule has 1 heterocycles. The number of amides is 1. The second kappa shape index (κ2) is 9.60. The summed E-state index contributed by atoms with van der Waals surface area (Å²) in [5, 5.41) is -1.18. The Labute approximate surface area is 177 Å². The number of piperidine rings is 1. The maximum absolute atomic E-state index is 13.1. The lowest BCUT2D eigenvalue weighted by Gasteiger charge is -2.33. The molecule has 1 atom stereocenters. The summed E-state index contributed by atoms with van der Waals surface area (Å²) in [5.41, 5.74) is 1.26. The smallest absolute Gasteiger partial charge is 0.241 e. The van der Waals surface area contributed by atoms with Crippen molar-refractivity contribution in [3.63, 3.8) is 0 Å². The van der Waals surface area contributed by atoms with E-state index in [9.17, 15) is 17.6 Å². The number of hydrogen-bond acceptors (Lipinski definition) is 4. The first-order valence-corrected chi connectivity index (χ1v) is 11.8. The van der Waals surface area contributed by atoms with Crippen LogP contribution >= 0.6 is 0 Å². The first-order chi connectivity index (χ1) is 14.3. The Morgan fingerprint density at radius 1 is 1.10 bits per heavy atom. The van der Waals surface area contributed by atoms with Crippen LogP contribution in [0.4, 0.5) is 4.39 Å². The van der Waals surface area contributed by atoms with Gasteiger partial charge >= 0.3 is 0 Å². The third-order valence-electron chi connectivity index (χ3n) is 5.88. The van der Waals surface area contributed by atoms with E-state index in [0.717, 1.165) is 43.6 Å². The first-order valence-electron chi connectivity index (χ1n) is 10.2. The van der Waals surface area contributed by atoms with Crippen LogP contribution in [0, 0.1) is 11.7 Å². The third kappa shape index (κ3) is 5.19. The quantitative estimate of drug-likeness (QED) is 0.622. The summed E-state index contributed by atoms with van der Waals surface area (Å²) in [6.45, 7) is 2.54. The summed E-state index contributed by atoms with van der Waals surface area (Å²) < 4.78 is 43.7. The van der Waals surface area contributed by atoms with Crippen LogP contribution in [-0.2, 0) is 21.1 Å². The number of carbonyl (C=O) groups is 1. The van der Waals surface area contributed by atoms with Gasteiger partial charge in [0.2, 0.25) is 5.91 Å². The largest absolute Gasteiger partial charge is 0.497 e. The van der Waals surface area contributed by atoms with Crippen molar-refractivity contribution in [1.82, 2.24) is 4.90 Å². The van der Waals surface area contributed by atoms with Crippen molar-refractivity contribution >= 4 is 15.7 Å². The van der Waals surface area contributed by atoms with Crippen LogP contribution in [0.5, 0.6) is 5.75 Å². The van der Waals surface area contributed by atoms with E-state index in [0.29, 0.717) is 19.0 Å². The molecule has 1 aliphatic rings. The molecular weight excluding hydrogens is 405 g/mol. The van der Waals surface area contributed by atoms with Crippen molar-refractivity contribution in [2.75, 3.05) is 20.2 Å². The number of hydrogen-bond donors (Lipinski definition) is 0. The number of benzene rings is 2. The molecule has 1 unspecified atom stereocenters. The lowest BCUT2D eigenvalue weighted by atomic mass is 9.90. The minimum Gasteiger partial charge on any atom is -0.497 e. The van der Waals surface area contributed by atoms with Crippen LogP contribution in [0.1, 0.15) is 31.7 Å². The van der Waals surface area contributed by atoms with Gasteiger partial charge in [-0.25, -0.2) is 12.8 Å². The van der Waals surface area contributed by atoms with Gasteiger partial charge in [-0.2, -0.15) is 0 Å². The van der Waals surface area contributed by atoms with Crippen LogP contribution in [-0.4, -0.2) is 44.7 Å². The number of methoxy groups -OCH3 is 1. The van der Waals surface area contributed by atoms with Gasteiger partial charge < -0.3 is 9.64 Å². The van der Waals surface area contributed by atoms with Gasteiger partial charge in [-0.3, -0.25) is 4.79 Å². The van der Waals surface area contributed by atoms with Gasteiger partial charge in [0.25, 0.3) is 0 Å². The molecule has 3 rings (SSSR count). The fourth-order valence-electron chi connectivity index (χ4n) is 3.82. The predicted molar refractivity (Wildman–Crippen MR) is 114 cm³/mol. The number of aryl methyl sites for hydroxylation is 1. The Kier molecular flexibility index (Phi) is 7.13. The maximum Gasteiger partial charge on any atom is 0.241 e. The second-order valence-corrected chi connectivity index (χ2v) is 10.1. The summed E-state index contributed by atoms with van der Waals surface area (Å²) >= 11 is 0. The van der Waals surface area contributed by atoms with Crippen molar-refractivity contribution in [3.8, 4) is 5.75 Å². The first kappa shape index (κ1) is 22.3. The van der Waals surface area contributed by atoms with Crippen LogP contribution in [0.25, 0.3) is 0 Å². The molecule has 1 aliphatic heterocycles. The molecular formula is C23H28FNO4S. The molecule has 1 amide bonds. The normalized spacial score (nSPS) is 16.3. The average Bonchev–Trinajstić information content (AvgIpc) is 2.77. The van der Waals surface area contributed by atoms with E-state index in [1.165, 1.54) is 24.6 Å². The van der Waals surface area contributed by atoms with Gasteiger partial charge in [-0.1, -0.05) is 12.1 Å². The minimum absolute atomic E-state index is 0.0286. The minimum atomic E-state index is -3.84. The zero-order chi connectivity index (χ0) is 21.7. The molecule has 2 aromatic rings. The molecule has 162 valence electrons. The van der Waals surface area contributed by atoms with Crippen LogP contribution in [0.15, 0.2) is 53.4 Å². The fraction of sp³-hybridized carbons (Fsp3) is 0.435. The molecule has 0 saturated carbocycles. The molecule has 0 bridgehead atoms. The van der Waals surface area contributed by atoms with Crippen LogP contribution in [0.2, 0.25) is 0 Å². The maximum atomic E-state index is 13.1. The van der Waals surface area contributed by atoms with Gasteiger partial charge in [0.05, 0.1) is 12.0 Å². The lowest BCUT2D eigenvalue weighted by Crippen LogP contribution is -2.45. The predicted octanol–water partition coefficient (Wildman–Crippen LogP) is 3.87. The van der Waals surface area contributed by atoms with Crippen LogP contribution < -0.4 is 4.74 Å². The van der Waals surface area contributed by atoms with E-state index >= 15 is 0 Å². The number of rotatable bonds is 7. The lowest BCUT2D eigenvalue weighted by molar-refractivity contribution is -0.131. The van der Waals surface area contributed by atoms with E-state index in [1.54, 1.807) is 12.0 Å². The van der Waals surface area contributed by atoms with Gasteiger partial charge in [-0.15, -0.1) is 0 Å². The molecule has 5 nitrogen and oxygen atoms in total. The molecule has 0 aromatic heterocycles. The Bertz CT molecular complexity index is 950. The van der Waals surface area contributed by atoms with E-state index in [2.05, 4.69) is 12.1 Å². The number of sulfone groups is 1. The number of nitrogens with zero attached hydrogens (tertiary/aromatic N) is 1. The van der Waals surface area contributed by atoms with Crippen LogP contribution in [0.3, 0.4) is 0 Å². The van der Waals surface area contributed by atoms with Gasteiger partial charge in [-0.05, 0) is 80.5 Å². The summed E-state index contributed by atoms with van der Waals surface area (Å²) in [7, 11) is -2.19. The third-order valence-corrected chi connectivity index (χ3v) is 7.94. The molecule has 0 radical (unpaired) electrons. The molecule has 1 fully saturated rings. The Morgan fingerprint density at radius 3 is 2.27 bits per heavy atom. The van der Waals surface area contributed by atoms with E-state index < -0.39 is 20.9 Å². The highest BCUT2D eigenvalue weighted by atomic mass is 32.2. The highest BCUT2D eigenvalue weighted by molar-refractivity contribution is 7.92. The summed E-state index contributed by atoms with van der Waals surface area (Å²) in [4.78, 5) is 14.4. The standard InChI is InChI=1S/C23H28FNO4S/c1-17(30(27,28)22-11-7-20(24)8-12-22)23(26)25-15-13-19(14-16-25)4-3-18-5-9-21(29-2)10-6-18/h5-12,17,19H,3-4,13-16H2,1-2H3. The molecule has 7 heteroatoms. The fourth-order valence-corrected chi connectivity index (χ4v) is 5.16. The number of ether oxygens (including phenoxy) is 1. The van der Waals surface area contributed by atoms with E-state index in [1.807, 2.05) is 12.1 Å². The Hall–Kier alpha value is -2.41. The zero-order valence-corrected chi connectivity index (χ0v) is 18.2. The highest BCUT2D eigenvalue weighted by Crippen LogP contribution is 2.25. The van der Waals surface area contributed by atoms with Crippen molar-refractivity contribution in [2.24, 2.45) is 5.92 Å². The highest BCUT2D eigenvalue weighted by Gasteiger charge is 2.34. The molecule has 0 aliphatic carbocycles. The summed E-state index contributed by atoms with van der Waals surface area (Å²) in [6, 6.07) is 12.7. The van der Waals surface area contributed by atoms with Crippen molar-refractivity contribution in [2.45, 2.75) is 42.8 Å². The summed E-state index contributed by atoms with van der Waals surface area (Å²) in [5.74, 6) is 0.466. The van der Waals surface area contributed by atoms with Crippen molar-refractivity contribution < 1.29 is 22.3 Å². The number of likely N-dealkylation sites (tertiary alicyclic amines) is 1. The van der Waals surface area contributed by atoms with Crippen molar-refractivity contribution in [3.05, 3.63) is 59.9 Å². The van der Waals surface area contributed by atoms with E-state index in [4.69, 9.17) is 4.74 Å². The van der Waals surface area contributed by atoms with Gasteiger partial charge in [0.15, 0.2) is 9.84 Å². The average molecular weight is 434 g/mol. The van der Waals surface area contributed by atoms with Gasteiger partial charge in [0, 0.05) is 13.1 Å². The summed E-state index contributed by atoms with van der Waals surface area (Å²) in [6.07, 6.45) is 3.74. The topological polar surface area (TPSA) is 63.7 Å². The Balaban J connectivity index is 1.52. The second-order valence-electron chi connectivity index (χ2n) is 7.80.